The number of carbonyl (C=O) groups is 3. The van der Waals surface area contributed by atoms with Gasteiger partial charge in [-0.3, -0.25) is 19.3 Å². The highest BCUT2D eigenvalue weighted by molar-refractivity contribution is 5.97. The number of hydrogen-bond acceptors (Lipinski definition) is 5. The number of furan rings is 1. The Kier molecular flexibility index (Phi) is 5.85. The summed E-state index contributed by atoms with van der Waals surface area (Å²) in [6.45, 7) is 4.36. The Hall–Kier alpha value is -3.13. The van der Waals surface area contributed by atoms with Crippen molar-refractivity contribution < 1.29 is 18.8 Å². The molecule has 0 saturated carbocycles. The third-order valence-corrected chi connectivity index (χ3v) is 5.89. The van der Waals surface area contributed by atoms with Crippen molar-refractivity contribution in [3.05, 3.63) is 59.5 Å². The molecule has 4 rings (SSSR count). The second-order valence-corrected chi connectivity index (χ2v) is 7.79. The summed E-state index contributed by atoms with van der Waals surface area (Å²) >= 11 is 0. The first-order chi connectivity index (χ1) is 14.5. The van der Waals surface area contributed by atoms with Gasteiger partial charge in [-0.15, -0.1) is 0 Å². The second-order valence-electron chi connectivity index (χ2n) is 7.79. The number of piperazine rings is 1. The summed E-state index contributed by atoms with van der Waals surface area (Å²) in [5.74, 6) is -0.0362. The molecule has 3 atom stereocenters. The molecule has 2 aliphatic rings. The lowest BCUT2D eigenvalue weighted by molar-refractivity contribution is -0.120. The SMILES string of the molecule is Cc1occc1C(=O)NCC(=O)NCC1CN(C(=O)c2ccccc2)C2CCN1C2. The first-order valence-corrected chi connectivity index (χ1v) is 10.2. The van der Waals surface area contributed by atoms with E-state index in [1.165, 1.54) is 6.26 Å². The molecule has 0 spiro atoms. The van der Waals surface area contributed by atoms with Crippen LogP contribution in [0.3, 0.4) is 0 Å². The third-order valence-electron chi connectivity index (χ3n) is 5.89. The van der Waals surface area contributed by atoms with Crippen LogP contribution >= 0.6 is 0 Å². The van der Waals surface area contributed by atoms with E-state index in [-0.39, 0.29) is 36.3 Å². The molecule has 2 fully saturated rings. The molecule has 8 heteroatoms. The van der Waals surface area contributed by atoms with Gasteiger partial charge in [-0.1, -0.05) is 18.2 Å². The second kappa shape index (κ2) is 8.71. The zero-order valence-electron chi connectivity index (χ0n) is 17.0. The van der Waals surface area contributed by atoms with Crippen LogP contribution in [0.2, 0.25) is 0 Å². The van der Waals surface area contributed by atoms with Crippen molar-refractivity contribution >= 4 is 17.7 Å². The van der Waals surface area contributed by atoms with E-state index < -0.39 is 0 Å². The number of hydrogen-bond donors (Lipinski definition) is 2. The van der Waals surface area contributed by atoms with Gasteiger partial charge in [-0.25, -0.2) is 0 Å². The lowest BCUT2D eigenvalue weighted by atomic mass is 10.1. The largest absolute Gasteiger partial charge is 0.469 e. The summed E-state index contributed by atoms with van der Waals surface area (Å²) in [6.07, 6.45) is 2.39. The minimum atomic E-state index is -0.337. The predicted molar refractivity (Wildman–Crippen MR) is 110 cm³/mol. The summed E-state index contributed by atoms with van der Waals surface area (Å²) in [5, 5.41) is 5.50. The Morgan fingerprint density at radius 3 is 2.63 bits per heavy atom. The molecule has 3 heterocycles. The lowest BCUT2D eigenvalue weighted by Gasteiger charge is -2.40. The molecule has 8 nitrogen and oxygen atoms in total. The maximum Gasteiger partial charge on any atom is 0.255 e. The van der Waals surface area contributed by atoms with E-state index in [0.29, 0.717) is 30.0 Å². The van der Waals surface area contributed by atoms with E-state index in [1.54, 1.807) is 13.0 Å². The number of amides is 3. The fourth-order valence-electron chi connectivity index (χ4n) is 4.21. The van der Waals surface area contributed by atoms with Crippen LogP contribution in [0.15, 0.2) is 47.1 Å². The average molecular weight is 410 g/mol. The molecule has 0 aliphatic carbocycles. The van der Waals surface area contributed by atoms with Crippen LogP contribution in [0.1, 0.15) is 32.9 Å². The highest BCUT2D eigenvalue weighted by Crippen LogP contribution is 2.26. The van der Waals surface area contributed by atoms with Crippen molar-refractivity contribution in [2.75, 3.05) is 32.7 Å². The molecule has 1 aromatic carbocycles. The van der Waals surface area contributed by atoms with Crippen LogP contribution < -0.4 is 10.6 Å². The summed E-state index contributed by atoms with van der Waals surface area (Å²) in [4.78, 5) is 41.6. The Bertz CT molecular complexity index is 926. The zero-order valence-corrected chi connectivity index (χ0v) is 17.0. The number of rotatable bonds is 6. The number of benzene rings is 1. The highest BCUT2D eigenvalue weighted by Gasteiger charge is 2.40. The van der Waals surface area contributed by atoms with Crippen LogP contribution in [0.4, 0.5) is 0 Å². The van der Waals surface area contributed by atoms with E-state index in [1.807, 2.05) is 35.2 Å². The molecule has 3 amide bonds. The molecule has 30 heavy (non-hydrogen) atoms. The van der Waals surface area contributed by atoms with Gasteiger partial charge in [0, 0.05) is 43.8 Å². The molecule has 2 aromatic rings. The highest BCUT2D eigenvalue weighted by atomic mass is 16.3. The van der Waals surface area contributed by atoms with E-state index in [9.17, 15) is 14.4 Å². The summed E-state index contributed by atoms with van der Waals surface area (Å²) in [5.41, 5.74) is 1.12. The van der Waals surface area contributed by atoms with E-state index >= 15 is 0 Å². The quantitative estimate of drug-likeness (QED) is 0.742. The minimum absolute atomic E-state index is 0.0428. The maximum absolute atomic E-state index is 13.0. The van der Waals surface area contributed by atoms with Crippen molar-refractivity contribution in [3.63, 3.8) is 0 Å². The van der Waals surface area contributed by atoms with Gasteiger partial charge in [0.1, 0.15) is 5.76 Å². The lowest BCUT2D eigenvalue weighted by Crippen LogP contribution is -2.58. The summed E-state index contributed by atoms with van der Waals surface area (Å²) in [6, 6.07) is 11.2. The first-order valence-electron chi connectivity index (χ1n) is 10.2. The summed E-state index contributed by atoms with van der Waals surface area (Å²) < 4.78 is 5.11. The van der Waals surface area contributed by atoms with Crippen molar-refractivity contribution in [1.82, 2.24) is 20.4 Å². The van der Waals surface area contributed by atoms with Crippen LogP contribution in [-0.4, -0.2) is 72.3 Å². The van der Waals surface area contributed by atoms with Crippen molar-refractivity contribution in [2.45, 2.75) is 25.4 Å². The molecule has 0 radical (unpaired) electrons. The fourth-order valence-corrected chi connectivity index (χ4v) is 4.21. The van der Waals surface area contributed by atoms with Gasteiger partial charge in [0.25, 0.3) is 11.8 Å². The van der Waals surface area contributed by atoms with Crippen molar-refractivity contribution in [3.8, 4) is 0 Å². The fraction of sp³-hybridized carbons (Fsp3) is 0.409. The van der Waals surface area contributed by atoms with Gasteiger partial charge >= 0.3 is 0 Å². The number of fused-ring (bicyclic) bond motifs is 2. The maximum atomic E-state index is 13.0. The van der Waals surface area contributed by atoms with Gasteiger partial charge in [-0.2, -0.15) is 0 Å². The Balaban J connectivity index is 1.30. The normalized spacial score (nSPS) is 22.6. The molecule has 2 N–H and O–H groups in total. The number of nitrogens with one attached hydrogen (secondary N) is 2. The monoisotopic (exact) mass is 410 g/mol. The molecule has 2 saturated heterocycles. The minimum Gasteiger partial charge on any atom is -0.469 e. The number of carbonyl (C=O) groups excluding carboxylic acids is 3. The van der Waals surface area contributed by atoms with Gasteiger partial charge in [-0.05, 0) is 31.5 Å². The Morgan fingerprint density at radius 2 is 1.90 bits per heavy atom. The third kappa shape index (κ3) is 4.23. The van der Waals surface area contributed by atoms with Crippen LogP contribution in [0, 0.1) is 6.92 Å². The molecule has 158 valence electrons. The molecular formula is C22H26N4O4. The van der Waals surface area contributed by atoms with Crippen molar-refractivity contribution in [2.24, 2.45) is 0 Å². The van der Waals surface area contributed by atoms with E-state index in [0.717, 1.165) is 19.5 Å². The van der Waals surface area contributed by atoms with Crippen LogP contribution in [0.5, 0.6) is 0 Å². The van der Waals surface area contributed by atoms with Gasteiger partial charge in [0.05, 0.1) is 18.4 Å². The van der Waals surface area contributed by atoms with E-state index in [4.69, 9.17) is 4.42 Å². The van der Waals surface area contributed by atoms with E-state index in [2.05, 4.69) is 15.5 Å². The molecule has 1 aromatic heterocycles. The van der Waals surface area contributed by atoms with Crippen LogP contribution in [-0.2, 0) is 4.79 Å². The molecular weight excluding hydrogens is 384 g/mol. The smallest absolute Gasteiger partial charge is 0.255 e. The first kappa shape index (κ1) is 20.2. The number of aryl methyl sites for hydroxylation is 1. The number of nitrogens with zero attached hydrogens (tertiary/aromatic N) is 2. The van der Waals surface area contributed by atoms with Gasteiger partial charge in [0.2, 0.25) is 5.91 Å². The topological polar surface area (TPSA) is 94.9 Å². The van der Waals surface area contributed by atoms with Gasteiger partial charge < -0.3 is 20.0 Å². The van der Waals surface area contributed by atoms with Crippen LogP contribution in [0.25, 0.3) is 0 Å². The predicted octanol–water partition coefficient (Wildman–Crippen LogP) is 1.03. The van der Waals surface area contributed by atoms with Crippen molar-refractivity contribution in [1.29, 1.82) is 0 Å². The zero-order chi connectivity index (χ0) is 21.1. The summed E-state index contributed by atoms with van der Waals surface area (Å²) in [7, 11) is 0. The Labute approximate surface area is 175 Å². The molecule has 2 bridgehead atoms. The Morgan fingerprint density at radius 1 is 1.10 bits per heavy atom. The standard InChI is InChI=1S/C22H26N4O4/c1-15-19(8-10-30-15)21(28)24-12-20(27)23-11-18-14-26(17-7-9-25(18)13-17)22(29)16-5-3-2-4-6-16/h2-6,8,10,17-18H,7,9,11-14H2,1H3,(H,23,27)(H,24,28). The van der Waals surface area contributed by atoms with Gasteiger partial charge in [0.15, 0.2) is 0 Å². The molecule has 2 aliphatic heterocycles. The average Bonchev–Trinajstić information content (AvgIpc) is 3.38. The molecule has 3 unspecified atom stereocenters.